The first-order valence-corrected chi connectivity index (χ1v) is 7.46. The monoisotopic (exact) mass is 268 g/mol. The molecule has 0 radical (unpaired) electrons. The lowest BCUT2D eigenvalue weighted by Gasteiger charge is -2.15. The van der Waals surface area contributed by atoms with E-state index in [1.54, 1.807) is 0 Å². The Balaban J connectivity index is 1.70. The summed E-state index contributed by atoms with van der Waals surface area (Å²) < 4.78 is 2.27. The number of nitrogens with zero attached hydrogens (tertiary/aromatic N) is 2. The summed E-state index contributed by atoms with van der Waals surface area (Å²) in [6.07, 6.45) is 3.66. The van der Waals surface area contributed by atoms with E-state index in [1.165, 1.54) is 29.7 Å². The van der Waals surface area contributed by atoms with E-state index in [-0.39, 0.29) is 0 Å². The average molecular weight is 268 g/mol. The van der Waals surface area contributed by atoms with Crippen LogP contribution in [0.5, 0.6) is 0 Å². The molecular weight excluding hydrogens is 248 g/mol. The molecule has 0 spiro atoms. The summed E-state index contributed by atoms with van der Waals surface area (Å²) in [7, 11) is 0. The van der Waals surface area contributed by atoms with Crippen molar-refractivity contribution in [2.75, 3.05) is 11.9 Å². The van der Waals surface area contributed by atoms with Crippen molar-refractivity contribution in [3.05, 3.63) is 41.1 Å². The molecule has 1 fully saturated rings. The molecule has 1 aromatic heterocycles. The number of hydrogen-bond acceptors (Lipinski definition) is 3. The lowest BCUT2D eigenvalue weighted by atomic mass is 10.1. The molecule has 2 heterocycles. The van der Waals surface area contributed by atoms with Crippen LogP contribution in [0.2, 0.25) is 0 Å². The smallest absolute Gasteiger partial charge is 0.157 e. The van der Waals surface area contributed by atoms with Crippen LogP contribution in [0, 0.1) is 6.92 Å². The third kappa shape index (κ3) is 2.10. The molecule has 2 aromatic rings. The Bertz CT molecular complexity index is 640. The van der Waals surface area contributed by atoms with Gasteiger partial charge in [-0.2, -0.15) is 5.10 Å². The van der Waals surface area contributed by atoms with Crippen LogP contribution in [0.15, 0.2) is 24.3 Å². The molecule has 4 rings (SSSR count). The van der Waals surface area contributed by atoms with Crippen LogP contribution in [0.3, 0.4) is 0 Å². The highest BCUT2D eigenvalue weighted by molar-refractivity contribution is 5.61. The van der Waals surface area contributed by atoms with Gasteiger partial charge < -0.3 is 10.6 Å². The standard InChI is InChI=1S/C16H20N4/c1-11-3-2-4-12(9-11)18-16-14-10-17-8-7-15(14)20(19-16)13-5-6-13/h2-4,9,13,17H,5-8,10H2,1H3,(H,18,19). The summed E-state index contributed by atoms with van der Waals surface area (Å²) in [6.45, 7) is 4.11. The van der Waals surface area contributed by atoms with Gasteiger partial charge in [-0.1, -0.05) is 12.1 Å². The van der Waals surface area contributed by atoms with Gasteiger partial charge in [0.15, 0.2) is 5.82 Å². The molecule has 1 aliphatic carbocycles. The molecular formula is C16H20N4. The summed E-state index contributed by atoms with van der Waals surface area (Å²) >= 11 is 0. The Morgan fingerprint density at radius 2 is 2.25 bits per heavy atom. The summed E-state index contributed by atoms with van der Waals surface area (Å²) in [6, 6.07) is 9.12. The van der Waals surface area contributed by atoms with Crippen LogP contribution < -0.4 is 10.6 Å². The normalized spacial score (nSPS) is 17.9. The Morgan fingerprint density at radius 3 is 3.05 bits per heavy atom. The van der Waals surface area contributed by atoms with Crippen molar-refractivity contribution in [1.29, 1.82) is 0 Å². The quantitative estimate of drug-likeness (QED) is 0.899. The Labute approximate surface area is 119 Å². The predicted octanol–water partition coefficient (Wildman–Crippen LogP) is 2.92. The van der Waals surface area contributed by atoms with E-state index in [2.05, 4.69) is 46.5 Å². The number of aromatic nitrogens is 2. The molecule has 4 heteroatoms. The highest BCUT2D eigenvalue weighted by Crippen LogP contribution is 2.38. The number of benzene rings is 1. The number of fused-ring (bicyclic) bond motifs is 1. The second-order valence-corrected chi connectivity index (χ2v) is 5.87. The van der Waals surface area contributed by atoms with Crippen LogP contribution in [0.1, 0.15) is 35.7 Å². The van der Waals surface area contributed by atoms with E-state index in [1.807, 2.05) is 0 Å². The minimum Gasteiger partial charge on any atom is -0.338 e. The Kier molecular flexibility index (Phi) is 2.77. The van der Waals surface area contributed by atoms with Gasteiger partial charge in [0.1, 0.15) is 0 Å². The number of rotatable bonds is 3. The molecule has 0 saturated heterocycles. The molecule has 104 valence electrons. The summed E-state index contributed by atoms with van der Waals surface area (Å²) in [4.78, 5) is 0. The van der Waals surface area contributed by atoms with Crippen molar-refractivity contribution in [3.8, 4) is 0 Å². The molecule has 4 nitrogen and oxygen atoms in total. The molecule has 20 heavy (non-hydrogen) atoms. The van der Waals surface area contributed by atoms with Gasteiger partial charge in [-0.25, -0.2) is 0 Å². The topological polar surface area (TPSA) is 41.9 Å². The number of aryl methyl sites for hydroxylation is 1. The van der Waals surface area contributed by atoms with Crippen molar-refractivity contribution in [2.24, 2.45) is 0 Å². The Morgan fingerprint density at radius 1 is 1.35 bits per heavy atom. The fraction of sp³-hybridized carbons (Fsp3) is 0.438. The maximum atomic E-state index is 4.84. The van der Waals surface area contributed by atoms with E-state index >= 15 is 0 Å². The molecule has 2 aliphatic rings. The number of hydrogen-bond donors (Lipinski definition) is 2. The van der Waals surface area contributed by atoms with Crippen LogP contribution >= 0.6 is 0 Å². The molecule has 1 aromatic carbocycles. The maximum absolute atomic E-state index is 4.84. The van der Waals surface area contributed by atoms with Crippen LogP contribution in [-0.4, -0.2) is 16.3 Å². The van der Waals surface area contributed by atoms with Gasteiger partial charge in [0.05, 0.1) is 6.04 Å². The molecule has 0 atom stereocenters. The lowest BCUT2D eigenvalue weighted by molar-refractivity contribution is 0.562. The van der Waals surface area contributed by atoms with Gasteiger partial charge in [-0.15, -0.1) is 0 Å². The highest BCUT2D eigenvalue weighted by Gasteiger charge is 2.30. The minimum absolute atomic E-state index is 0.648. The highest BCUT2D eigenvalue weighted by atomic mass is 15.4. The van der Waals surface area contributed by atoms with Crippen molar-refractivity contribution >= 4 is 11.5 Å². The SMILES string of the molecule is Cc1cccc(Nc2nn(C3CC3)c3c2CNCC3)c1. The van der Waals surface area contributed by atoms with Gasteiger partial charge in [0.2, 0.25) is 0 Å². The molecule has 1 saturated carbocycles. The minimum atomic E-state index is 0.648. The molecule has 0 amide bonds. The van der Waals surface area contributed by atoms with Crippen molar-refractivity contribution < 1.29 is 0 Å². The number of nitrogens with one attached hydrogen (secondary N) is 2. The third-order valence-electron chi connectivity index (χ3n) is 4.13. The van der Waals surface area contributed by atoms with Crippen LogP contribution in [0.4, 0.5) is 11.5 Å². The zero-order chi connectivity index (χ0) is 13.5. The van der Waals surface area contributed by atoms with Crippen LogP contribution in [0.25, 0.3) is 0 Å². The number of anilines is 2. The predicted molar refractivity (Wildman–Crippen MR) is 80.4 cm³/mol. The summed E-state index contributed by atoms with van der Waals surface area (Å²) in [5, 5.41) is 11.8. The Hall–Kier alpha value is -1.81. The fourth-order valence-corrected chi connectivity index (χ4v) is 2.96. The van der Waals surface area contributed by atoms with Crippen molar-refractivity contribution in [1.82, 2.24) is 15.1 Å². The van der Waals surface area contributed by atoms with E-state index in [4.69, 9.17) is 5.10 Å². The average Bonchev–Trinajstić information content (AvgIpc) is 3.23. The largest absolute Gasteiger partial charge is 0.338 e. The second kappa shape index (κ2) is 4.63. The second-order valence-electron chi connectivity index (χ2n) is 5.87. The molecule has 2 N–H and O–H groups in total. The molecule has 0 unspecified atom stereocenters. The maximum Gasteiger partial charge on any atom is 0.157 e. The first-order valence-electron chi connectivity index (χ1n) is 7.46. The zero-order valence-corrected chi connectivity index (χ0v) is 11.8. The van der Waals surface area contributed by atoms with Gasteiger partial charge >= 0.3 is 0 Å². The lowest BCUT2D eigenvalue weighted by Crippen LogP contribution is -2.24. The first kappa shape index (κ1) is 12.0. The third-order valence-corrected chi connectivity index (χ3v) is 4.13. The van der Waals surface area contributed by atoms with E-state index in [9.17, 15) is 0 Å². The van der Waals surface area contributed by atoms with Crippen molar-refractivity contribution in [3.63, 3.8) is 0 Å². The van der Waals surface area contributed by atoms with Crippen LogP contribution in [-0.2, 0) is 13.0 Å². The fourth-order valence-electron chi connectivity index (χ4n) is 2.96. The van der Waals surface area contributed by atoms with Gasteiger partial charge in [0, 0.05) is 36.5 Å². The first-order chi connectivity index (χ1) is 9.81. The molecule has 1 aliphatic heterocycles. The summed E-state index contributed by atoms with van der Waals surface area (Å²) in [5.74, 6) is 1.03. The molecule has 0 bridgehead atoms. The zero-order valence-electron chi connectivity index (χ0n) is 11.8. The van der Waals surface area contributed by atoms with E-state index in [0.717, 1.165) is 31.0 Å². The van der Waals surface area contributed by atoms with E-state index < -0.39 is 0 Å². The van der Waals surface area contributed by atoms with Gasteiger partial charge in [-0.05, 0) is 37.5 Å². The van der Waals surface area contributed by atoms with Gasteiger partial charge in [-0.3, -0.25) is 4.68 Å². The van der Waals surface area contributed by atoms with Gasteiger partial charge in [0.25, 0.3) is 0 Å². The summed E-state index contributed by atoms with van der Waals surface area (Å²) in [5.41, 5.74) is 5.17. The van der Waals surface area contributed by atoms with Crippen molar-refractivity contribution in [2.45, 2.75) is 38.8 Å². The van der Waals surface area contributed by atoms with E-state index in [0.29, 0.717) is 6.04 Å².